The molecule has 0 spiro atoms. The van der Waals surface area contributed by atoms with E-state index in [1.54, 1.807) is 10.9 Å². The average Bonchev–Trinajstić information content (AvgIpc) is 3.46. The van der Waals surface area contributed by atoms with Gasteiger partial charge in [0.25, 0.3) is 5.91 Å². The van der Waals surface area contributed by atoms with Gasteiger partial charge in [0.05, 0.1) is 6.20 Å². The monoisotopic (exact) mass is 503 g/mol. The number of hydrogen-bond donors (Lipinski definition) is 2. The molecular formula is C23H27F6N5O. The van der Waals surface area contributed by atoms with E-state index in [0.717, 1.165) is 5.56 Å². The quantitative estimate of drug-likeness (QED) is 0.567. The fourth-order valence-corrected chi connectivity index (χ4v) is 5.28. The number of carbonyl (C=O) groups is 1. The molecule has 2 aliphatic heterocycles. The lowest BCUT2D eigenvalue weighted by molar-refractivity contribution is -0.293. The van der Waals surface area contributed by atoms with Gasteiger partial charge < -0.3 is 10.6 Å². The molecule has 0 radical (unpaired) electrons. The van der Waals surface area contributed by atoms with E-state index in [1.165, 1.54) is 0 Å². The Morgan fingerprint density at radius 1 is 1.14 bits per heavy atom. The van der Waals surface area contributed by atoms with Crippen molar-refractivity contribution in [1.82, 2.24) is 25.3 Å². The number of rotatable bonds is 7. The minimum atomic E-state index is -5.38. The van der Waals surface area contributed by atoms with Crippen LogP contribution in [0.3, 0.4) is 0 Å². The number of benzene rings is 1. The molecule has 192 valence electrons. The van der Waals surface area contributed by atoms with E-state index >= 15 is 0 Å². The Bertz CT molecular complexity index is 1010. The molecule has 0 bridgehead atoms. The SMILES string of the molecule is CCn1ncc(CN2CC3CNC(C(C(F)(F)F)C(F)(F)F)C3C2)c1C(=O)NCc1ccccc1. The summed E-state index contributed by atoms with van der Waals surface area (Å²) in [5.74, 6) is -4.87. The number of likely N-dealkylation sites (tertiary alicyclic amines) is 1. The van der Waals surface area contributed by atoms with Crippen molar-refractivity contribution in [3.8, 4) is 0 Å². The topological polar surface area (TPSA) is 62.2 Å². The standard InChI is InChI=1S/C23H27F6N5O/c1-2-34-19(21(35)31-8-14-6-4-3-5-7-14)16(10-32-34)12-33-11-15-9-30-18(17(15)13-33)20(22(24,25)26)23(27,28)29/h3-7,10,15,17-18,20,30H,2,8-9,11-13H2,1H3,(H,31,35). The highest BCUT2D eigenvalue weighted by Crippen LogP contribution is 2.47. The first-order valence-electron chi connectivity index (χ1n) is 11.4. The Labute approximate surface area is 198 Å². The van der Waals surface area contributed by atoms with Gasteiger partial charge in [-0.15, -0.1) is 0 Å². The van der Waals surface area contributed by atoms with E-state index in [4.69, 9.17) is 0 Å². The Hall–Kier alpha value is -2.60. The molecule has 2 N–H and O–H groups in total. The zero-order chi connectivity index (χ0) is 25.4. The summed E-state index contributed by atoms with van der Waals surface area (Å²) >= 11 is 0. The predicted molar refractivity (Wildman–Crippen MR) is 115 cm³/mol. The molecule has 6 nitrogen and oxygen atoms in total. The largest absolute Gasteiger partial charge is 0.402 e. The molecule has 2 fully saturated rings. The van der Waals surface area contributed by atoms with Crippen molar-refractivity contribution in [3.05, 3.63) is 53.3 Å². The highest BCUT2D eigenvalue weighted by molar-refractivity contribution is 5.93. The molecular weight excluding hydrogens is 476 g/mol. The van der Waals surface area contributed by atoms with Crippen molar-refractivity contribution in [2.45, 2.75) is 45.0 Å². The van der Waals surface area contributed by atoms with Gasteiger partial charge >= 0.3 is 12.4 Å². The highest BCUT2D eigenvalue weighted by atomic mass is 19.4. The van der Waals surface area contributed by atoms with Gasteiger partial charge in [-0.1, -0.05) is 30.3 Å². The molecule has 1 aromatic heterocycles. The van der Waals surface area contributed by atoms with Gasteiger partial charge in [0.2, 0.25) is 0 Å². The van der Waals surface area contributed by atoms with Crippen LogP contribution >= 0.6 is 0 Å². The molecule has 4 rings (SSSR count). The van der Waals surface area contributed by atoms with Gasteiger partial charge in [0, 0.05) is 44.3 Å². The van der Waals surface area contributed by atoms with Crippen molar-refractivity contribution < 1.29 is 31.1 Å². The highest BCUT2D eigenvalue weighted by Gasteiger charge is 2.64. The summed E-state index contributed by atoms with van der Waals surface area (Å²) in [4.78, 5) is 14.8. The van der Waals surface area contributed by atoms with Gasteiger partial charge in [-0.05, 0) is 30.9 Å². The van der Waals surface area contributed by atoms with Crippen LogP contribution in [-0.2, 0) is 19.6 Å². The van der Waals surface area contributed by atoms with Gasteiger partial charge in [0.15, 0.2) is 5.92 Å². The molecule has 1 amide bonds. The Morgan fingerprint density at radius 2 is 1.83 bits per heavy atom. The minimum Gasteiger partial charge on any atom is -0.347 e. The molecule has 2 aliphatic rings. The van der Waals surface area contributed by atoms with Crippen LogP contribution in [0.15, 0.2) is 36.5 Å². The number of aryl methyl sites for hydroxylation is 1. The number of alkyl halides is 6. The van der Waals surface area contributed by atoms with Gasteiger partial charge in [-0.25, -0.2) is 0 Å². The second-order valence-electron chi connectivity index (χ2n) is 9.12. The van der Waals surface area contributed by atoms with Crippen LogP contribution in [0.5, 0.6) is 0 Å². The summed E-state index contributed by atoms with van der Waals surface area (Å²) in [6.07, 6.45) is -9.23. The molecule has 2 saturated heterocycles. The van der Waals surface area contributed by atoms with Crippen molar-refractivity contribution in [2.24, 2.45) is 17.8 Å². The maximum Gasteiger partial charge on any atom is 0.402 e. The zero-order valence-corrected chi connectivity index (χ0v) is 19.0. The van der Waals surface area contributed by atoms with E-state index in [0.29, 0.717) is 30.9 Å². The van der Waals surface area contributed by atoms with Crippen LogP contribution in [0.1, 0.15) is 28.5 Å². The van der Waals surface area contributed by atoms with Crippen LogP contribution in [0.25, 0.3) is 0 Å². The molecule has 35 heavy (non-hydrogen) atoms. The second-order valence-corrected chi connectivity index (χ2v) is 9.12. The normalized spacial score (nSPS) is 23.1. The van der Waals surface area contributed by atoms with E-state index < -0.39 is 30.2 Å². The Kier molecular flexibility index (Phi) is 7.14. The Balaban J connectivity index is 1.46. The van der Waals surface area contributed by atoms with Crippen molar-refractivity contribution >= 4 is 5.91 Å². The number of fused-ring (bicyclic) bond motifs is 1. The second kappa shape index (κ2) is 9.81. The van der Waals surface area contributed by atoms with Crippen molar-refractivity contribution in [2.75, 3.05) is 19.6 Å². The van der Waals surface area contributed by atoms with E-state index in [-0.39, 0.29) is 31.5 Å². The third-order valence-electron chi connectivity index (χ3n) is 6.83. The van der Waals surface area contributed by atoms with Crippen LogP contribution in [0.4, 0.5) is 26.3 Å². The molecule has 0 aliphatic carbocycles. The van der Waals surface area contributed by atoms with Crippen LogP contribution < -0.4 is 10.6 Å². The number of halogens is 6. The van der Waals surface area contributed by atoms with Crippen LogP contribution in [-0.4, -0.2) is 58.6 Å². The summed E-state index contributed by atoms with van der Waals surface area (Å²) in [5.41, 5.74) is 1.85. The first kappa shape index (κ1) is 25.5. The maximum absolute atomic E-state index is 13.3. The third kappa shape index (κ3) is 5.48. The summed E-state index contributed by atoms with van der Waals surface area (Å²) < 4.78 is 81.5. The number of nitrogens with one attached hydrogen (secondary N) is 2. The fourth-order valence-electron chi connectivity index (χ4n) is 5.28. The molecule has 3 atom stereocenters. The molecule has 1 aromatic carbocycles. The lowest BCUT2D eigenvalue weighted by Crippen LogP contribution is -2.52. The first-order valence-corrected chi connectivity index (χ1v) is 11.4. The number of carbonyl (C=O) groups excluding carboxylic acids is 1. The smallest absolute Gasteiger partial charge is 0.347 e. The van der Waals surface area contributed by atoms with E-state index in [1.807, 2.05) is 42.2 Å². The molecule has 12 heteroatoms. The third-order valence-corrected chi connectivity index (χ3v) is 6.83. The van der Waals surface area contributed by atoms with Crippen LogP contribution in [0.2, 0.25) is 0 Å². The summed E-state index contributed by atoms with van der Waals surface area (Å²) in [6, 6.07) is 7.61. The number of nitrogens with zero attached hydrogens (tertiary/aromatic N) is 3. The van der Waals surface area contributed by atoms with Crippen molar-refractivity contribution in [3.63, 3.8) is 0 Å². The summed E-state index contributed by atoms with van der Waals surface area (Å²) in [5, 5.41) is 9.59. The minimum absolute atomic E-state index is 0.0768. The van der Waals surface area contributed by atoms with E-state index in [2.05, 4.69) is 15.7 Å². The van der Waals surface area contributed by atoms with Gasteiger partial charge in [-0.3, -0.25) is 14.4 Å². The molecule has 0 saturated carbocycles. The molecule has 2 aromatic rings. The number of aromatic nitrogens is 2. The number of hydrogen-bond acceptors (Lipinski definition) is 4. The lowest BCUT2D eigenvalue weighted by atomic mass is 9.85. The molecule has 3 unspecified atom stereocenters. The average molecular weight is 503 g/mol. The van der Waals surface area contributed by atoms with Gasteiger partial charge in [-0.2, -0.15) is 31.4 Å². The predicted octanol–water partition coefficient (Wildman–Crippen LogP) is 3.59. The zero-order valence-electron chi connectivity index (χ0n) is 19.0. The van der Waals surface area contributed by atoms with Crippen LogP contribution in [0, 0.1) is 17.8 Å². The molecule has 3 heterocycles. The number of amides is 1. The lowest BCUT2D eigenvalue weighted by Gasteiger charge is -2.32. The van der Waals surface area contributed by atoms with Gasteiger partial charge in [0.1, 0.15) is 5.69 Å². The fraction of sp³-hybridized carbons (Fsp3) is 0.565. The van der Waals surface area contributed by atoms with Crippen molar-refractivity contribution in [1.29, 1.82) is 0 Å². The summed E-state index contributed by atoms with van der Waals surface area (Å²) in [7, 11) is 0. The van der Waals surface area contributed by atoms with E-state index in [9.17, 15) is 31.1 Å². The first-order chi connectivity index (χ1) is 16.5. The Morgan fingerprint density at radius 3 is 2.46 bits per heavy atom. The maximum atomic E-state index is 13.3. The summed E-state index contributed by atoms with van der Waals surface area (Å²) in [6.45, 7) is 3.31.